The van der Waals surface area contributed by atoms with E-state index in [1.54, 1.807) is 32.0 Å². The zero-order chi connectivity index (χ0) is 16.2. The minimum absolute atomic E-state index is 0.0278. The first kappa shape index (κ1) is 17.3. The lowest BCUT2D eigenvalue weighted by molar-refractivity contribution is -0.138. The van der Waals surface area contributed by atoms with Crippen LogP contribution in [-0.4, -0.2) is 25.0 Å². The van der Waals surface area contributed by atoms with Crippen molar-refractivity contribution < 1.29 is 14.3 Å². The maximum Gasteiger partial charge on any atom is 0.239 e. The predicted molar refractivity (Wildman–Crippen MR) is 83.7 cm³/mol. The molecule has 1 aromatic rings. The van der Waals surface area contributed by atoms with Gasteiger partial charge in [0.05, 0.1) is 12.1 Å². The zero-order valence-electron chi connectivity index (χ0n) is 12.9. The highest BCUT2D eigenvalue weighted by Gasteiger charge is 2.36. The fourth-order valence-corrected chi connectivity index (χ4v) is 1.83. The van der Waals surface area contributed by atoms with Crippen molar-refractivity contribution in [3.05, 3.63) is 23.2 Å². The van der Waals surface area contributed by atoms with Gasteiger partial charge in [-0.3, -0.25) is 9.59 Å². The van der Waals surface area contributed by atoms with E-state index in [2.05, 4.69) is 10.6 Å². The molecule has 116 valence electrons. The molecule has 0 saturated heterocycles. The molecular formula is C15H21ClN2O3. The number of rotatable bonds is 5. The van der Waals surface area contributed by atoms with Crippen molar-refractivity contribution in [2.75, 3.05) is 12.4 Å². The van der Waals surface area contributed by atoms with Gasteiger partial charge in [0.1, 0.15) is 11.2 Å². The molecule has 6 heteroatoms. The Bertz CT molecular complexity index is 542. The third-order valence-corrected chi connectivity index (χ3v) is 3.26. The normalized spacial score (nSPS) is 11.2. The lowest BCUT2D eigenvalue weighted by Crippen LogP contribution is -2.47. The molecule has 0 aliphatic heterocycles. The van der Waals surface area contributed by atoms with Gasteiger partial charge in [-0.15, -0.1) is 0 Å². The van der Waals surface area contributed by atoms with Gasteiger partial charge < -0.3 is 15.4 Å². The Balaban J connectivity index is 2.84. The van der Waals surface area contributed by atoms with Crippen molar-refractivity contribution in [3.63, 3.8) is 0 Å². The van der Waals surface area contributed by atoms with E-state index in [0.717, 1.165) is 0 Å². The van der Waals surface area contributed by atoms with Gasteiger partial charge in [0.15, 0.2) is 0 Å². The van der Waals surface area contributed by atoms with Gasteiger partial charge in [0.25, 0.3) is 0 Å². The Morgan fingerprint density at radius 1 is 1.24 bits per heavy atom. The summed E-state index contributed by atoms with van der Waals surface area (Å²) in [4.78, 5) is 24.3. The summed E-state index contributed by atoms with van der Waals surface area (Å²) in [6, 6.07) is 4.87. The first-order valence-corrected chi connectivity index (χ1v) is 7.02. The fourth-order valence-electron chi connectivity index (χ4n) is 1.58. The van der Waals surface area contributed by atoms with E-state index in [1.807, 2.05) is 13.8 Å². The van der Waals surface area contributed by atoms with Crippen LogP contribution in [0.25, 0.3) is 0 Å². The van der Waals surface area contributed by atoms with E-state index in [4.69, 9.17) is 16.3 Å². The van der Waals surface area contributed by atoms with Crippen LogP contribution in [0.2, 0.25) is 5.02 Å². The molecule has 2 amide bonds. The molecule has 0 aliphatic rings. The van der Waals surface area contributed by atoms with E-state index < -0.39 is 11.3 Å². The highest BCUT2D eigenvalue weighted by Crippen LogP contribution is 2.28. The largest absolute Gasteiger partial charge is 0.495 e. The molecule has 0 radical (unpaired) electrons. The molecule has 0 atom stereocenters. The summed E-state index contributed by atoms with van der Waals surface area (Å²) in [5, 5.41) is 5.81. The highest BCUT2D eigenvalue weighted by molar-refractivity contribution is 6.32. The zero-order valence-corrected chi connectivity index (χ0v) is 13.7. The molecule has 1 rings (SSSR count). The standard InChI is InChI=1S/C15H21ClN2O3/c1-9(2)17-13(19)15(3,4)14(20)18-10-6-7-12(21-5)11(16)8-10/h6-9H,1-5H3,(H,17,19)(H,18,20). The molecule has 0 spiro atoms. The Morgan fingerprint density at radius 3 is 2.33 bits per heavy atom. The van der Waals surface area contributed by atoms with Crippen LogP contribution in [0.4, 0.5) is 5.69 Å². The lowest BCUT2D eigenvalue weighted by atomic mass is 9.90. The second-order valence-corrected chi connectivity index (χ2v) is 5.96. The number of halogens is 1. The average molecular weight is 313 g/mol. The van der Waals surface area contributed by atoms with E-state index in [-0.39, 0.29) is 11.9 Å². The molecule has 0 aromatic heterocycles. The number of carbonyl (C=O) groups is 2. The maximum atomic E-state index is 12.3. The SMILES string of the molecule is COc1ccc(NC(=O)C(C)(C)C(=O)NC(C)C)cc1Cl. The molecule has 2 N–H and O–H groups in total. The Hall–Kier alpha value is -1.75. The number of carbonyl (C=O) groups excluding carboxylic acids is 2. The molecule has 21 heavy (non-hydrogen) atoms. The summed E-state index contributed by atoms with van der Waals surface area (Å²) in [6.45, 7) is 6.83. The summed E-state index contributed by atoms with van der Waals surface area (Å²) in [7, 11) is 1.51. The number of hydrogen-bond donors (Lipinski definition) is 2. The number of nitrogens with one attached hydrogen (secondary N) is 2. The number of ether oxygens (including phenoxy) is 1. The molecule has 1 aromatic carbocycles. The minimum atomic E-state index is -1.18. The summed E-state index contributed by atoms with van der Waals surface area (Å²) in [5.41, 5.74) is -0.673. The summed E-state index contributed by atoms with van der Waals surface area (Å²) in [6.07, 6.45) is 0. The van der Waals surface area contributed by atoms with E-state index in [1.165, 1.54) is 7.11 Å². The van der Waals surface area contributed by atoms with Crippen LogP contribution in [0.5, 0.6) is 5.75 Å². The number of benzene rings is 1. The van der Waals surface area contributed by atoms with Crippen molar-refractivity contribution in [1.29, 1.82) is 0 Å². The number of methoxy groups -OCH3 is 1. The van der Waals surface area contributed by atoms with E-state index in [9.17, 15) is 9.59 Å². The van der Waals surface area contributed by atoms with Crippen LogP contribution in [0.15, 0.2) is 18.2 Å². The molecule has 0 aliphatic carbocycles. The Labute approximate surface area is 130 Å². The van der Waals surface area contributed by atoms with E-state index in [0.29, 0.717) is 16.5 Å². The van der Waals surface area contributed by atoms with Crippen molar-refractivity contribution in [1.82, 2.24) is 5.32 Å². The average Bonchev–Trinajstić information content (AvgIpc) is 2.38. The van der Waals surface area contributed by atoms with Crippen molar-refractivity contribution in [2.45, 2.75) is 33.7 Å². The van der Waals surface area contributed by atoms with Crippen molar-refractivity contribution >= 4 is 29.1 Å². The quantitative estimate of drug-likeness (QED) is 0.822. The molecule has 0 unspecified atom stereocenters. The molecular weight excluding hydrogens is 292 g/mol. The first-order chi connectivity index (χ1) is 9.68. The van der Waals surface area contributed by atoms with Crippen LogP contribution >= 0.6 is 11.6 Å². The van der Waals surface area contributed by atoms with Crippen LogP contribution in [0.3, 0.4) is 0 Å². The van der Waals surface area contributed by atoms with Crippen LogP contribution in [-0.2, 0) is 9.59 Å². The summed E-state index contributed by atoms with van der Waals surface area (Å²) < 4.78 is 5.05. The number of hydrogen-bond acceptors (Lipinski definition) is 3. The Morgan fingerprint density at radius 2 is 1.86 bits per heavy atom. The van der Waals surface area contributed by atoms with Crippen LogP contribution in [0, 0.1) is 5.41 Å². The molecule has 5 nitrogen and oxygen atoms in total. The van der Waals surface area contributed by atoms with Gasteiger partial charge in [0.2, 0.25) is 11.8 Å². The monoisotopic (exact) mass is 312 g/mol. The maximum absolute atomic E-state index is 12.3. The lowest BCUT2D eigenvalue weighted by Gasteiger charge is -2.24. The van der Waals surface area contributed by atoms with E-state index >= 15 is 0 Å². The van der Waals surface area contributed by atoms with Gasteiger partial charge in [-0.25, -0.2) is 0 Å². The van der Waals surface area contributed by atoms with Crippen molar-refractivity contribution in [2.24, 2.45) is 5.41 Å². The smallest absolute Gasteiger partial charge is 0.239 e. The second-order valence-electron chi connectivity index (χ2n) is 5.56. The minimum Gasteiger partial charge on any atom is -0.495 e. The molecule has 0 fully saturated rings. The van der Waals surface area contributed by atoms with Crippen LogP contribution < -0.4 is 15.4 Å². The van der Waals surface area contributed by atoms with Gasteiger partial charge >= 0.3 is 0 Å². The third kappa shape index (κ3) is 4.36. The molecule has 0 bridgehead atoms. The highest BCUT2D eigenvalue weighted by atomic mass is 35.5. The van der Waals surface area contributed by atoms with Crippen molar-refractivity contribution in [3.8, 4) is 5.75 Å². The Kier molecular flexibility index (Phi) is 5.61. The van der Waals surface area contributed by atoms with Gasteiger partial charge in [-0.1, -0.05) is 11.6 Å². The predicted octanol–water partition coefficient (Wildman–Crippen LogP) is 2.84. The number of anilines is 1. The molecule has 0 heterocycles. The number of amides is 2. The molecule has 0 saturated carbocycles. The summed E-state index contributed by atoms with van der Waals surface area (Å²) in [5.74, 6) is -0.206. The van der Waals surface area contributed by atoms with Gasteiger partial charge in [-0.05, 0) is 45.9 Å². The van der Waals surface area contributed by atoms with Crippen LogP contribution in [0.1, 0.15) is 27.7 Å². The summed E-state index contributed by atoms with van der Waals surface area (Å²) >= 11 is 6.00. The topological polar surface area (TPSA) is 67.4 Å². The van der Waals surface area contributed by atoms with Gasteiger partial charge in [-0.2, -0.15) is 0 Å². The fraction of sp³-hybridized carbons (Fsp3) is 0.467. The third-order valence-electron chi connectivity index (χ3n) is 2.96. The van der Waals surface area contributed by atoms with Gasteiger partial charge in [0, 0.05) is 11.7 Å². The second kappa shape index (κ2) is 6.80. The first-order valence-electron chi connectivity index (χ1n) is 6.64.